The predicted molar refractivity (Wildman–Crippen MR) is 67.4 cm³/mol. The van der Waals surface area contributed by atoms with Crippen molar-refractivity contribution in [1.82, 2.24) is 5.32 Å². The van der Waals surface area contributed by atoms with Gasteiger partial charge >= 0.3 is 0 Å². The Hall–Kier alpha value is -0.540. The van der Waals surface area contributed by atoms with Gasteiger partial charge in [-0.2, -0.15) is 0 Å². The molecule has 0 aliphatic carbocycles. The molecule has 0 aliphatic rings. The van der Waals surface area contributed by atoms with Crippen molar-refractivity contribution in [3.63, 3.8) is 0 Å². The first-order valence-electron chi connectivity index (χ1n) is 5.18. The van der Waals surface area contributed by atoms with Gasteiger partial charge in [0.15, 0.2) is 0 Å². The Kier molecular flexibility index (Phi) is 4.61. The summed E-state index contributed by atoms with van der Waals surface area (Å²) in [6.07, 6.45) is 0.203. The molecule has 1 rings (SSSR count). The quantitative estimate of drug-likeness (QED) is 0.905. The summed E-state index contributed by atoms with van der Waals surface area (Å²) in [6.45, 7) is 6.20. The Morgan fingerprint density at radius 1 is 1.27 bits per heavy atom. The molecule has 0 saturated heterocycles. The lowest BCUT2D eigenvalue weighted by atomic mass is 10.1. The van der Waals surface area contributed by atoms with Crippen LogP contribution in [0, 0.1) is 0 Å². The third-order valence-corrected chi connectivity index (χ3v) is 2.73. The zero-order chi connectivity index (χ0) is 11.4. The van der Waals surface area contributed by atoms with Gasteiger partial charge in [0.2, 0.25) is 0 Å². The number of ether oxygens (including phenoxy) is 1. The Morgan fingerprint density at radius 2 is 1.93 bits per heavy atom. The normalized spacial score (nSPS) is 12.9. The highest BCUT2D eigenvalue weighted by Gasteiger charge is 2.11. The summed E-state index contributed by atoms with van der Waals surface area (Å²) >= 11 is 3.48. The summed E-state index contributed by atoms with van der Waals surface area (Å²) in [6, 6.07) is 6.40. The van der Waals surface area contributed by atoms with E-state index in [1.54, 1.807) is 0 Å². The first kappa shape index (κ1) is 12.5. The molecule has 84 valence electrons. The van der Waals surface area contributed by atoms with Crippen LogP contribution in [0.4, 0.5) is 0 Å². The molecule has 0 bridgehead atoms. The summed E-state index contributed by atoms with van der Waals surface area (Å²) in [5, 5.41) is 3.22. The molecule has 0 aliphatic heterocycles. The number of rotatable bonds is 4. The van der Waals surface area contributed by atoms with Gasteiger partial charge in [0.1, 0.15) is 5.75 Å². The van der Waals surface area contributed by atoms with Crippen molar-refractivity contribution in [3.05, 3.63) is 28.2 Å². The number of benzene rings is 1. The van der Waals surface area contributed by atoms with E-state index >= 15 is 0 Å². The summed E-state index contributed by atoms with van der Waals surface area (Å²) in [4.78, 5) is 0. The van der Waals surface area contributed by atoms with Gasteiger partial charge in [-0.25, -0.2) is 0 Å². The maximum absolute atomic E-state index is 5.76. The van der Waals surface area contributed by atoms with Crippen molar-refractivity contribution < 1.29 is 4.74 Å². The lowest BCUT2D eigenvalue weighted by Crippen LogP contribution is -2.15. The van der Waals surface area contributed by atoms with Crippen LogP contribution in [0.15, 0.2) is 22.7 Å². The van der Waals surface area contributed by atoms with Crippen LogP contribution < -0.4 is 10.1 Å². The molecule has 0 saturated carbocycles. The highest BCUT2D eigenvalue weighted by molar-refractivity contribution is 9.10. The van der Waals surface area contributed by atoms with Crippen LogP contribution in [0.25, 0.3) is 0 Å². The molecular formula is C12H18BrNO. The molecule has 1 unspecified atom stereocenters. The number of hydrogen-bond acceptors (Lipinski definition) is 2. The van der Waals surface area contributed by atoms with E-state index < -0.39 is 0 Å². The minimum absolute atomic E-state index is 0.203. The fourth-order valence-electron chi connectivity index (χ4n) is 1.37. The molecule has 1 N–H and O–H groups in total. The fraction of sp³-hybridized carbons (Fsp3) is 0.500. The molecule has 0 amide bonds. The molecule has 0 spiro atoms. The Balaban J connectivity index is 3.02. The van der Waals surface area contributed by atoms with Gasteiger partial charge in [-0.3, -0.25) is 0 Å². The van der Waals surface area contributed by atoms with E-state index in [2.05, 4.69) is 34.2 Å². The SMILES string of the molecule is CNC(C)c1cc(Br)ccc1OC(C)C. The van der Waals surface area contributed by atoms with Crippen molar-refractivity contribution in [2.75, 3.05) is 7.05 Å². The van der Waals surface area contributed by atoms with Gasteiger partial charge in [0.05, 0.1) is 6.10 Å². The van der Waals surface area contributed by atoms with Crippen LogP contribution in [-0.2, 0) is 0 Å². The molecule has 1 aromatic rings. The molecule has 0 radical (unpaired) electrons. The summed E-state index contributed by atoms with van der Waals surface area (Å²) < 4.78 is 6.84. The van der Waals surface area contributed by atoms with Crippen LogP contribution in [-0.4, -0.2) is 13.2 Å². The summed E-state index contributed by atoms with van der Waals surface area (Å²) in [7, 11) is 1.95. The molecule has 0 aromatic heterocycles. The van der Waals surface area contributed by atoms with Crippen molar-refractivity contribution >= 4 is 15.9 Å². The van der Waals surface area contributed by atoms with Gasteiger partial charge < -0.3 is 10.1 Å². The topological polar surface area (TPSA) is 21.3 Å². The van der Waals surface area contributed by atoms with Gasteiger partial charge in [0, 0.05) is 16.1 Å². The molecule has 0 heterocycles. The van der Waals surface area contributed by atoms with Crippen molar-refractivity contribution in [3.8, 4) is 5.75 Å². The van der Waals surface area contributed by atoms with E-state index in [4.69, 9.17) is 4.74 Å². The zero-order valence-electron chi connectivity index (χ0n) is 9.67. The maximum atomic E-state index is 5.76. The first-order valence-corrected chi connectivity index (χ1v) is 5.97. The molecule has 1 aromatic carbocycles. The van der Waals surface area contributed by atoms with Crippen molar-refractivity contribution in [2.24, 2.45) is 0 Å². The minimum atomic E-state index is 0.203. The van der Waals surface area contributed by atoms with Crippen LogP contribution in [0.2, 0.25) is 0 Å². The van der Waals surface area contributed by atoms with Crippen LogP contribution >= 0.6 is 15.9 Å². The highest BCUT2D eigenvalue weighted by Crippen LogP contribution is 2.29. The van der Waals surface area contributed by atoms with E-state index in [0.29, 0.717) is 0 Å². The van der Waals surface area contributed by atoms with E-state index in [0.717, 1.165) is 10.2 Å². The molecule has 1 atom stereocenters. The zero-order valence-corrected chi connectivity index (χ0v) is 11.3. The van der Waals surface area contributed by atoms with E-state index in [1.165, 1.54) is 5.56 Å². The third-order valence-electron chi connectivity index (χ3n) is 2.23. The van der Waals surface area contributed by atoms with Crippen molar-refractivity contribution in [2.45, 2.75) is 32.9 Å². The van der Waals surface area contributed by atoms with Crippen molar-refractivity contribution in [1.29, 1.82) is 0 Å². The van der Waals surface area contributed by atoms with Crippen LogP contribution in [0.3, 0.4) is 0 Å². The van der Waals surface area contributed by atoms with E-state index in [-0.39, 0.29) is 12.1 Å². The Bertz CT molecular complexity index is 325. The third kappa shape index (κ3) is 3.50. The number of nitrogens with one attached hydrogen (secondary N) is 1. The standard InChI is InChI=1S/C12H18BrNO/c1-8(2)15-12-6-5-10(13)7-11(12)9(3)14-4/h5-9,14H,1-4H3. The summed E-state index contributed by atoms with van der Waals surface area (Å²) in [5.41, 5.74) is 1.18. The molecule has 15 heavy (non-hydrogen) atoms. The van der Waals surface area contributed by atoms with Crippen LogP contribution in [0.1, 0.15) is 32.4 Å². The molecule has 3 heteroatoms. The Morgan fingerprint density at radius 3 is 2.47 bits per heavy atom. The second-order valence-corrected chi connectivity index (χ2v) is 4.77. The summed E-state index contributed by atoms with van der Waals surface area (Å²) in [5.74, 6) is 0.954. The van der Waals surface area contributed by atoms with Crippen LogP contribution in [0.5, 0.6) is 5.75 Å². The number of hydrogen-bond donors (Lipinski definition) is 1. The second-order valence-electron chi connectivity index (χ2n) is 3.86. The predicted octanol–water partition coefficient (Wildman–Crippen LogP) is 3.52. The first-order chi connectivity index (χ1) is 7.04. The smallest absolute Gasteiger partial charge is 0.124 e. The average Bonchev–Trinajstić information content (AvgIpc) is 2.19. The molecule has 0 fully saturated rings. The number of halogens is 1. The molecule has 2 nitrogen and oxygen atoms in total. The minimum Gasteiger partial charge on any atom is -0.491 e. The average molecular weight is 272 g/mol. The van der Waals surface area contributed by atoms with Gasteiger partial charge in [0.25, 0.3) is 0 Å². The highest BCUT2D eigenvalue weighted by atomic mass is 79.9. The lowest BCUT2D eigenvalue weighted by Gasteiger charge is -2.18. The second kappa shape index (κ2) is 5.52. The van der Waals surface area contributed by atoms with E-state index in [1.807, 2.05) is 33.0 Å². The largest absolute Gasteiger partial charge is 0.491 e. The lowest BCUT2D eigenvalue weighted by molar-refractivity contribution is 0.238. The van der Waals surface area contributed by atoms with Gasteiger partial charge in [-0.15, -0.1) is 0 Å². The molecular weight excluding hydrogens is 254 g/mol. The fourth-order valence-corrected chi connectivity index (χ4v) is 1.75. The van der Waals surface area contributed by atoms with Gasteiger partial charge in [-0.05, 0) is 46.0 Å². The monoisotopic (exact) mass is 271 g/mol. The van der Waals surface area contributed by atoms with Gasteiger partial charge in [-0.1, -0.05) is 15.9 Å². The Labute approximate surface area is 100 Å². The van der Waals surface area contributed by atoms with E-state index in [9.17, 15) is 0 Å². The maximum Gasteiger partial charge on any atom is 0.124 e.